The van der Waals surface area contributed by atoms with Crippen LogP contribution in [0.2, 0.25) is 5.02 Å². The van der Waals surface area contributed by atoms with Gasteiger partial charge in [0.15, 0.2) is 5.16 Å². The molecule has 0 saturated carbocycles. The van der Waals surface area contributed by atoms with E-state index < -0.39 is 0 Å². The van der Waals surface area contributed by atoms with Gasteiger partial charge in [-0.3, -0.25) is 4.79 Å². The lowest BCUT2D eigenvalue weighted by molar-refractivity contribution is -0.116. The molecule has 0 unspecified atom stereocenters. The molecule has 1 saturated heterocycles. The Morgan fingerprint density at radius 2 is 2.42 bits per heavy atom. The Hall–Kier alpha value is -1.50. The molecule has 5 nitrogen and oxygen atoms in total. The highest BCUT2D eigenvalue weighted by Crippen LogP contribution is 2.34. The van der Waals surface area contributed by atoms with Gasteiger partial charge in [-0.2, -0.15) is 0 Å². The number of rotatable bonds is 6. The van der Waals surface area contributed by atoms with Crippen molar-refractivity contribution in [3.05, 3.63) is 35.6 Å². The maximum atomic E-state index is 12.3. The molecule has 3 rings (SSSR count). The Labute approximate surface area is 150 Å². The van der Waals surface area contributed by atoms with Gasteiger partial charge in [0.2, 0.25) is 5.91 Å². The molecule has 0 spiro atoms. The highest BCUT2D eigenvalue weighted by atomic mass is 35.5. The molecule has 0 radical (unpaired) electrons. The molecule has 2 heterocycles. The van der Waals surface area contributed by atoms with Gasteiger partial charge in [-0.15, -0.1) is 0 Å². The van der Waals surface area contributed by atoms with Gasteiger partial charge < -0.3 is 14.6 Å². The number of hydrogen-bond acceptors (Lipinski definition) is 4. The first-order chi connectivity index (χ1) is 11.6. The lowest BCUT2D eigenvalue weighted by Crippen LogP contribution is -2.15. The summed E-state index contributed by atoms with van der Waals surface area (Å²) in [5, 5.41) is 4.42. The molecule has 24 heavy (non-hydrogen) atoms. The van der Waals surface area contributed by atoms with Gasteiger partial charge >= 0.3 is 0 Å². The van der Waals surface area contributed by atoms with Crippen molar-refractivity contribution in [3.8, 4) is 0 Å². The summed E-state index contributed by atoms with van der Waals surface area (Å²) in [4.78, 5) is 17.5. The number of hydrogen-bond donors (Lipinski definition) is 1. The van der Waals surface area contributed by atoms with Crippen LogP contribution in [0.25, 0.3) is 0 Å². The van der Waals surface area contributed by atoms with Crippen LogP contribution >= 0.6 is 23.4 Å². The lowest BCUT2D eigenvalue weighted by Gasteiger charge is -2.12. The second kappa shape index (κ2) is 8.05. The number of carbonyl (C=O) groups excluding carboxylic acids is 1. The number of amides is 1. The first kappa shape index (κ1) is 17.3. The van der Waals surface area contributed by atoms with Crippen LogP contribution in [-0.2, 0) is 16.6 Å². The second-order valence-corrected chi connectivity index (χ2v) is 7.23. The highest BCUT2D eigenvalue weighted by molar-refractivity contribution is 7.99. The van der Waals surface area contributed by atoms with Gasteiger partial charge in [-0.25, -0.2) is 4.98 Å². The molecule has 1 aromatic heterocycles. The van der Waals surface area contributed by atoms with E-state index in [0.29, 0.717) is 17.1 Å². The minimum Gasteiger partial charge on any atom is -0.378 e. The third-order valence-corrected chi connectivity index (χ3v) is 5.30. The van der Waals surface area contributed by atoms with Crippen molar-refractivity contribution >= 4 is 35.0 Å². The van der Waals surface area contributed by atoms with Crippen LogP contribution in [0.1, 0.15) is 25.7 Å². The fourth-order valence-electron chi connectivity index (χ4n) is 2.61. The van der Waals surface area contributed by atoms with Crippen LogP contribution in [0.3, 0.4) is 0 Å². The number of imidazole rings is 1. The van der Waals surface area contributed by atoms with Crippen molar-refractivity contribution in [2.24, 2.45) is 7.05 Å². The number of halogens is 1. The maximum Gasteiger partial charge on any atom is 0.224 e. The van der Waals surface area contributed by atoms with Crippen molar-refractivity contribution in [2.75, 3.05) is 11.9 Å². The largest absolute Gasteiger partial charge is 0.378 e. The first-order valence-corrected chi connectivity index (χ1v) is 9.17. The van der Waals surface area contributed by atoms with Gasteiger partial charge in [0, 0.05) is 42.4 Å². The quantitative estimate of drug-likeness (QED) is 0.836. The minimum absolute atomic E-state index is 0.0190. The van der Waals surface area contributed by atoms with E-state index in [1.165, 1.54) is 11.8 Å². The van der Waals surface area contributed by atoms with Crippen LogP contribution in [0.5, 0.6) is 0 Å². The summed E-state index contributed by atoms with van der Waals surface area (Å²) < 4.78 is 7.50. The molecule has 2 aromatic rings. The van der Waals surface area contributed by atoms with Crippen LogP contribution < -0.4 is 5.32 Å². The standard InChI is InChI=1S/C17H20ClN3O2S/c1-21-9-8-19-17(21)24-15-6-4-12(18)11-14(15)20-16(22)7-5-13-3-2-10-23-13/h4,6,8-9,11,13H,2-3,5,7,10H2,1H3,(H,20,22)/t13-/m0/s1. The van der Waals surface area contributed by atoms with Crippen LogP contribution in [0, 0.1) is 0 Å². The Morgan fingerprint density at radius 3 is 3.12 bits per heavy atom. The fraction of sp³-hybridized carbons (Fsp3) is 0.412. The molecule has 1 aromatic carbocycles. The number of benzene rings is 1. The van der Waals surface area contributed by atoms with Crippen LogP contribution in [0.15, 0.2) is 40.6 Å². The first-order valence-electron chi connectivity index (χ1n) is 7.98. The predicted octanol–water partition coefficient (Wildman–Crippen LogP) is 4.12. The predicted molar refractivity (Wildman–Crippen MR) is 95.6 cm³/mol. The molecule has 1 amide bonds. The Balaban J connectivity index is 1.66. The van der Waals surface area contributed by atoms with E-state index >= 15 is 0 Å². The number of anilines is 1. The van der Waals surface area contributed by atoms with Gasteiger partial charge in [0.25, 0.3) is 0 Å². The Kier molecular flexibility index (Phi) is 5.81. The number of carbonyl (C=O) groups is 1. The topological polar surface area (TPSA) is 56.2 Å². The van der Waals surface area contributed by atoms with Gasteiger partial charge in [0.1, 0.15) is 0 Å². The third-order valence-electron chi connectivity index (χ3n) is 3.91. The molecular weight excluding hydrogens is 346 g/mol. The van der Waals surface area contributed by atoms with Gasteiger partial charge in [-0.1, -0.05) is 11.6 Å². The van der Waals surface area contributed by atoms with Gasteiger partial charge in [0.05, 0.1) is 11.8 Å². The molecule has 1 aliphatic rings. The van der Waals surface area contributed by atoms with E-state index in [-0.39, 0.29) is 12.0 Å². The Morgan fingerprint density at radius 1 is 1.54 bits per heavy atom. The number of ether oxygens (including phenoxy) is 1. The molecular formula is C17H20ClN3O2S. The van der Waals surface area contributed by atoms with Gasteiger partial charge in [-0.05, 0) is 49.2 Å². The van der Waals surface area contributed by atoms with Crippen molar-refractivity contribution in [1.29, 1.82) is 0 Å². The zero-order valence-electron chi connectivity index (χ0n) is 13.5. The van der Waals surface area contributed by atoms with E-state index in [4.69, 9.17) is 16.3 Å². The smallest absolute Gasteiger partial charge is 0.224 e. The van der Waals surface area contributed by atoms with E-state index in [1.54, 1.807) is 12.3 Å². The van der Waals surface area contributed by atoms with Crippen molar-refractivity contribution in [3.63, 3.8) is 0 Å². The third kappa shape index (κ3) is 4.53. The summed E-state index contributed by atoms with van der Waals surface area (Å²) in [5.41, 5.74) is 0.716. The Bertz CT molecular complexity index is 714. The number of nitrogens with zero attached hydrogens (tertiary/aromatic N) is 2. The summed E-state index contributed by atoms with van der Waals surface area (Å²) in [6.07, 6.45) is 7.20. The molecule has 1 fully saturated rings. The molecule has 1 aliphatic heterocycles. The van der Waals surface area contributed by atoms with Crippen LogP contribution in [0.4, 0.5) is 5.69 Å². The number of aromatic nitrogens is 2. The molecule has 1 N–H and O–H groups in total. The highest BCUT2D eigenvalue weighted by Gasteiger charge is 2.17. The lowest BCUT2D eigenvalue weighted by atomic mass is 10.1. The van der Waals surface area contributed by atoms with E-state index in [0.717, 1.165) is 35.9 Å². The summed E-state index contributed by atoms with van der Waals surface area (Å²) >= 11 is 7.59. The molecule has 128 valence electrons. The summed E-state index contributed by atoms with van der Waals surface area (Å²) in [7, 11) is 1.94. The minimum atomic E-state index is -0.0190. The average molecular weight is 366 g/mol. The zero-order valence-corrected chi connectivity index (χ0v) is 15.1. The average Bonchev–Trinajstić information content (AvgIpc) is 3.20. The van der Waals surface area contributed by atoms with E-state index in [2.05, 4.69) is 10.3 Å². The fourth-order valence-corrected chi connectivity index (χ4v) is 3.66. The van der Waals surface area contributed by atoms with E-state index in [1.807, 2.05) is 29.9 Å². The maximum absolute atomic E-state index is 12.3. The zero-order chi connectivity index (χ0) is 16.9. The molecule has 0 aliphatic carbocycles. The number of nitrogens with one attached hydrogen (secondary N) is 1. The van der Waals surface area contributed by atoms with E-state index in [9.17, 15) is 4.79 Å². The van der Waals surface area contributed by atoms with Crippen LogP contribution in [-0.4, -0.2) is 28.2 Å². The van der Waals surface area contributed by atoms with Crippen molar-refractivity contribution in [2.45, 2.75) is 41.8 Å². The monoisotopic (exact) mass is 365 g/mol. The van der Waals surface area contributed by atoms with Crippen molar-refractivity contribution < 1.29 is 9.53 Å². The molecule has 1 atom stereocenters. The summed E-state index contributed by atoms with van der Waals surface area (Å²) in [6.45, 7) is 0.811. The SMILES string of the molecule is Cn1ccnc1Sc1ccc(Cl)cc1NC(=O)CC[C@@H]1CCCO1. The summed E-state index contributed by atoms with van der Waals surface area (Å²) in [6, 6.07) is 5.49. The normalized spacial score (nSPS) is 17.2. The summed E-state index contributed by atoms with van der Waals surface area (Å²) in [5.74, 6) is -0.0190. The second-order valence-electron chi connectivity index (χ2n) is 5.79. The number of aryl methyl sites for hydroxylation is 1. The molecule has 0 bridgehead atoms. The van der Waals surface area contributed by atoms with Crippen molar-refractivity contribution in [1.82, 2.24) is 9.55 Å². The molecule has 7 heteroatoms.